The van der Waals surface area contributed by atoms with E-state index in [1.54, 1.807) is 12.1 Å². The van der Waals surface area contributed by atoms with Crippen LogP contribution in [0.3, 0.4) is 0 Å². The van der Waals surface area contributed by atoms with Gasteiger partial charge in [-0.15, -0.1) is 0 Å². The molecule has 3 aromatic rings. The quantitative estimate of drug-likeness (QED) is 0.630. The van der Waals surface area contributed by atoms with Crippen molar-refractivity contribution in [2.75, 3.05) is 18.0 Å². The van der Waals surface area contributed by atoms with E-state index in [1.165, 1.54) is 16.9 Å². The van der Waals surface area contributed by atoms with Crippen LogP contribution in [0.1, 0.15) is 24.0 Å². The Hall–Kier alpha value is -2.18. The molecule has 1 aliphatic heterocycles. The van der Waals surface area contributed by atoms with Gasteiger partial charge in [0.05, 0.1) is 4.90 Å². The molecule has 27 heavy (non-hydrogen) atoms. The van der Waals surface area contributed by atoms with Gasteiger partial charge in [-0.1, -0.05) is 58.9 Å². The Morgan fingerprint density at radius 3 is 2.04 bits per heavy atom. The van der Waals surface area contributed by atoms with Crippen molar-refractivity contribution < 1.29 is 8.42 Å². The van der Waals surface area contributed by atoms with Crippen LogP contribution < -0.4 is 4.90 Å². The van der Waals surface area contributed by atoms with Crippen LogP contribution in [0.5, 0.6) is 0 Å². The molecule has 0 bridgehead atoms. The first-order valence-corrected chi connectivity index (χ1v) is 11.4. The molecule has 0 radical (unpaired) electrons. The van der Waals surface area contributed by atoms with Crippen LogP contribution in [0.4, 0.5) is 5.00 Å². The normalized spacial score (nSPS) is 14.7. The van der Waals surface area contributed by atoms with Crippen LogP contribution in [0, 0.1) is 13.8 Å². The molecule has 4 nitrogen and oxygen atoms in total. The Kier molecular flexibility index (Phi) is 4.78. The van der Waals surface area contributed by atoms with Crippen molar-refractivity contribution in [1.82, 2.24) is 4.98 Å². The number of thiazole rings is 1. The Bertz CT molecular complexity index is 1050. The molecule has 2 heterocycles. The number of sulfone groups is 1. The van der Waals surface area contributed by atoms with E-state index in [4.69, 9.17) is 0 Å². The highest BCUT2D eigenvalue weighted by Gasteiger charge is 2.30. The standard InChI is InChI=1S/C21H22N2O2S2/c1-15-5-9-17(10-6-15)19-22-20(21(26-19)23-13-3-4-14-23)27(24,25)18-11-7-16(2)8-12-18/h5-12H,3-4,13-14H2,1-2H3. The molecule has 4 rings (SSSR count). The summed E-state index contributed by atoms with van der Waals surface area (Å²) in [6, 6.07) is 15.1. The van der Waals surface area contributed by atoms with Gasteiger partial charge >= 0.3 is 0 Å². The number of benzene rings is 2. The molecule has 1 fully saturated rings. The third-order valence-electron chi connectivity index (χ3n) is 4.86. The maximum absolute atomic E-state index is 13.3. The maximum Gasteiger partial charge on any atom is 0.226 e. The SMILES string of the molecule is Cc1ccc(-c2nc(S(=O)(=O)c3ccc(C)cc3)c(N3CCCC3)s2)cc1. The van der Waals surface area contributed by atoms with E-state index in [1.807, 2.05) is 50.2 Å². The van der Waals surface area contributed by atoms with Crippen LogP contribution in [-0.2, 0) is 9.84 Å². The second kappa shape index (κ2) is 7.09. The summed E-state index contributed by atoms with van der Waals surface area (Å²) in [4.78, 5) is 7.08. The molecule has 0 aliphatic carbocycles. The summed E-state index contributed by atoms with van der Waals surface area (Å²) in [5.41, 5.74) is 3.16. The highest BCUT2D eigenvalue weighted by Crippen LogP contribution is 2.40. The zero-order valence-electron chi connectivity index (χ0n) is 15.5. The van der Waals surface area contributed by atoms with E-state index in [9.17, 15) is 8.42 Å². The average molecular weight is 399 g/mol. The topological polar surface area (TPSA) is 50.3 Å². The number of anilines is 1. The fourth-order valence-electron chi connectivity index (χ4n) is 3.24. The zero-order valence-corrected chi connectivity index (χ0v) is 17.1. The number of aryl methyl sites for hydroxylation is 2. The molecule has 1 saturated heterocycles. The molecule has 0 saturated carbocycles. The van der Waals surface area contributed by atoms with Crippen molar-refractivity contribution in [3.05, 3.63) is 59.7 Å². The summed E-state index contributed by atoms with van der Waals surface area (Å²) in [6.07, 6.45) is 2.17. The largest absolute Gasteiger partial charge is 0.361 e. The lowest BCUT2D eigenvalue weighted by Crippen LogP contribution is -2.19. The van der Waals surface area contributed by atoms with Gasteiger partial charge in [0.25, 0.3) is 0 Å². The lowest BCUT2D eigenvalue weighted by atomic mass is 10.2. The van der Waals surface area contributed by atoms with E-state index < -0.39 is 9.84 Å². The molecule has 2 aromatic carbocycles. The number of hydrogen-bond acceptors (Lipinski definition) is 5. The summed E-state index contributed by atoms with van der Waals surface area (Å²) in [5.74, 6) is 0. The summed E-state index contributed by atoms with van der Waals surface area (Å²) >= 11 is 1.48. The van der Waals surface area contributed by atoms with Crippen molar-refractivity contribution in [3.63, 3.8) is 0 Å². The predicted octanol–water partition coefficient (Wildman–Crippen LogP) is 4.86. The lowest BCUT2D eigenvalue weighted by Gasteiger charge is -2.16. The molecule has 0 N–H and O–H groups in total. The molecular weight excluding hydrogens is 376 g/mol. The van der Waals surface area contributed by atoms with Crippen LogP contribution in [0.2, 0.25) is 0 Å². The number of rotatable bonds is 4. The van der Waals surface area contributed by atoms with Gasteiger partial charge < -0.3 is 4.90 Å². The van der Waals surface area contributed by atoms with Crippen molar-refractivity contribution in [2.24, 2.45) is 0 Å². The molecule has 0 spiro atoms. The second-order valence-corrected chi connectivity index (χ2v) is 9.85. The lowest BCUT2D eigenvalue weighted by molar-refractivity contribution is 0.593. The minimum absolute atomic E-state index is 0.189. The van der Waals surface area contributed by atoms with E-state index in [-0.39, 0.29) is 5.03 Å². The molecule has 6 heteroatoms. The Labute approximate surface area is 164 Å². The molecule has 0 amide bonds. The minimum atomic E-state index is -3.66. The second-order valence-electron chi connectivity index (χ2n) is 7.01. The van der Waals surface area contributed by atoms with Gasteiger partial charge in [-0.2, -0.15) is 0 Å². The number of aromatic nitrogens is 1. The van der Waals surface area contributed by atoms with Gasteiger partial charge in [0.15, 0.2) is 5.03 Å². The van der Waals surface area contributed by atoms with Gasteiger partial charge in [-0.25, -0.2) is 13.4 Å². The fourth-order valence-corrected chi connectivity index (χ4v) is 6.06. The first-order chi connectivity index (χ1) is 12.9. The molecule has 1 aromatic heterocycles. The van der Waals surface area contributed by atoms with Crippen molar-refractivity contribution in [1.29, 1.82) is 0 Å². The van der Waals surface area contributed by atoms with E-state index in [0.717, 1.165) is 47.1 Å². The Morgan fingerprint density at radius 2 is 1.44 bits per heavy atom. The van der Waals surface area contributed by atoms with Gasteiger partial charge in [-0.05, 0) is 38.8 Å². The van der Waals surface area contributed by atoms with Gasteiger partial charge in [0.2, 0.25) is 9.84 Å². The van der Waals surface area contributed by atoms with Gasteiger partial charge in [-0.3, -0.25) is 0 Å². The van der Waals surface area contributed by atoms with Crippen LogP contribution in [0.15, 0.2) is 58.5 Å². The van der Waals surface area contributed by atoms with E-state index >= 15 is 0 Å². The minimum Gasteiger partial charge on any atom is -0.361 e. The molecule has 140 valence electrons. The van der Waals surface area contributed by atoms with Crippen molar-refractivity contribution >= 4 is 26.2 Å². The summed E-state index contributed by atoms with van der Waals surface area (Å²) in [5, 5.41) is 1.71. The van der Waals surface area contributed by atoms with E-state index in [2.05, 4.69) is 9.88 Å². The highest BCUT2D eigenvalue weighted by molar-refractivity contribution is 7.91. The first kappa shape index (κ1) is 18.2. The molecule has 0 atom stereocenters. The Morgan fingerprint density at radius 1 is 0.889 bits per heavy atom. The smallest absolute Gasteiger partial charge is 0.226 e. The highest BCUT2D eigenvalue weighted by atomic mass is 32.2. The van der Waals surface area contributed by atoms with Crippen LogP contribution in [0.25, 0.3) is 10.6 Å². The van der Waals surface area contributed by atoms with Crippen LogP contribution in [-0.4, -0.2) is 26.5 Å². The number of hydrogen-bond donors (Lipinski definition) is 0. The van der Waals surface area contributed by atoms with Gasteiger partial charge in [0, 0.05) is 18.7 Å². The van der Waals surface area contributed by atoms with Crippen molar-refractivity contribution in [2.45, 2.75) is 36.6 Å². The zero-order chi connectivity index (χ0) is 19.0. The first-order valence-electron chi connectivity index (χ1n) is 9.10. The average Bonchev–Trinajstić information content (AvgIpc) is 3.32. The maximum atomic E-state index is 13.3. The molecule has 1 aliphatic rings. The van der Waals surface area contributed by atoms with Crippen molar-refractivity contribution in [3.8, 4) is 10.6 Å². The predicted molar refractivity (Wildman–Crippen MR) is 110 cm³/mol. The van der Waals surface area contributed by atoms with Crippen LogP contribution >= 0.6 is 11.3 Å². The third kappa shape index (κ3) is 3.51. The van der Waals surface area contributed by atoms with Gasteiger partial charge in [0.1, 0.15) is 10.0 Å². The fraction of sp³-hybridized carbons (Fsp3) is 0.286. The number of nitrogens with zero attached hydrogens (tertiary/aromatic N) is 2. The summed E-state index contributed by atoms with van der Waals surface area (Å²) < 4.78 is 26.7. The Balaban J connectivity index is 1.85. The monoisotopic (exact) mass is 398 g/mol. The summed E-state index contributed by atoms with van der Waals surface area (Å²) in [6.45, 7) is 5.75. The third-order valence-corrected chi connectivity index (χ3v) is 7.84. The molecule has 0 unspecified atom stereocenters. The summed E-state index contributed by atoms with van der Waals surface area (Å²) in [7, 11) is -3.66. The van der Waals surface area contributed by atoms with E-state index in [0.29, 0.717) is 4.90 Å². The molecular formula is C21H22N2O2S2.